The molecule has 1 aromatic heterocycles. The quantitative estimate of drug-likeness (QED) is 0.372. The molecule has 0 unspecified atom stereocenters. The van der Waals surface area contributed by atoms with E-state index in [-0.39, 0.29) is 28.6 Å². The van der Waals surface area contributed by atoms with E-state index in [0.717, 1.165) is 32.1 Å². The molecule has 0 radical (unpaired) electrons. The molecule has 0 saturated heterocycles. The first-order valence-electron chi connectivity index (χ1n) is 10.1. The lowest BCUT2D eigenvalue weighted by atomic mass is 10.1. The average Bonchev–Trinajstić information content (AvgIpc) is 3.15. The second-order valence-corrected chi connectivity index (χ2v) is 10.1. The van der Waals surface area contributed by atoms with E-state index in [1.807, 2.05) is 25.1 Å². The monoisotopic (exact) mass is 500 g/mol. The zero-order valence-corrected chi connectivity index (χ0v) is 19.8. The number of para-hydroxylation sites is 1. The van der Waals surface area contributed by atoms with Crippen molar-refractivity contribution in [2.75, 3.05) is 7.05 Å². The van der Waals surface area contributed by atoms with Gasteiger partial charge in [-0.3, -0.25) is 0 Å². The molecule has 11 heteroatoms. The number of H-pyrrole nitrogens is 1. The maximum absolute atomic E-state index is 13.3. The third-order valence-electron chi connectivity index (χ3n) is 5.26. The SMILES string of the molecule is Cc1cccc(CN(C)S(=O)(=O)c2cc(-c3n[nH]c(=O)n3-c3ccccc3Cl)c(O)cc2O)c1. The first kappa shape index (κ1) is 23.6. The number of sulfonamides is 1. The molecule has 9 nitrogen and oxygen atoms in total. The van der Waals surface area contributed by atoms with E-state index in [0.29, 0.717) is 0 Å². The van der Waals surface area contributed by atoms with Crippen LogP contribution in [0.1, 0.15) is 11.1 Å². The number of phenols is 2. The Morgan fingerprint density at radius 1 is 1.06 bits per heavy atom. The Kier molecular flexibility index (Phi) is 6.22. The molecule has 0 bridgehead atoms. The molecule has 0 saturated carbocycles. The molecule has 3 N–H and O–H groups in total. The first-order valence-corrected chi connectivity index (χ1v) is 11.9. The van der Waals surface area contributed by atoms with Gasteiger partial charge in [-0.05, 0) is 30.7 Å². The predicted octanol–water partition coefficient (Wildman–Crippen LogP) is 3.42. The highest BCUT2D eigenvalue weighted by molar-refractivity contribution is 7.89. The highest BCUT2D eigenvalue weighted by Crippen LogP contribution is 2.38. The predicted molar refractivity (Wildman–Crippen MR) is 128 cm³/mol. The molecule has 4 rings (SSSR count). The molecule has 34 heavy (non-hydrogen) atoms. The fraction of sp³-hybridized carbons (Fsp3) is 0.130. The van der Waals surface area contributed by atoms with E-state index in [9.17, 15) is 23.4 Å². The molecular formula is C23H21ClN4O5S. The van der Waals surface area contributed by atoms with Gasteiger partial charge >= 0.3 is 5.69 Å². The molecule has 176 valence electrons. The van der Waals surface area contributed by atoms with E-state index in [1.165, 1.54) is 7.05 Å². The zero-order chi connectivity index (χ0) is 24.6. The van der Waals surface area contributed by atoms with Gasteiger partial charge in [0.25, 0.3) is 0 Å². The lowest BCUT2D eigenvalue weighted by Gasteiger charge is -2.19. The largest absolute Gasteiger partial charge is 0.507 e. The van der Waals surface area contributed by atoms with Crippen LogP contribution in [0.3, 0.4) is 0 Å². The van der Waals surface area contributed by atoms with Crippen LogP contribution in [0.4, 0.5) is 0 Å². The van der Waals surface area contributed by atoms with Crippen molar-refractivity contribution in [2.45, 2.75) is 18.4 Å². The van der Waals surface area contributed by atoms with Crippen molar-refractivity contribution >= 4 is 21.6 Å². The van der Waals surface area contributed by atoms with Gasteiger partial charge in [0.2, 0.25) is 10.0 Å². The van der Waals surface area contributed by atoms with Crippen LogP contribution in [0.5, 0.6) is 11.5 Å². The lowest BCUT2D eigenvalue weighted by molar-refractivity contribution is 0.430. The minimum Gasteiger partial charge on any atom is -0.507 e. The van der Waals surface area contributed by atoms with Crippen molar-refractivity contribution in [1.29, 1.82) is 0 Å². The van der Waals surface area contributed by atoms with Crippen molar-refractivity contribution in [2.24, 2.45) is 0 Å². The minimum atomic E-state index is -4.19. The highest BCUT2D eigenvalue weighted by Gasteiger charge is 2.28. The highest BCUT2D eigenvalue weighted by atomic mass is 35.5. The fourth-order valence-corrected chi connectivity index (χ4v) is 5.06. The lowest BCUT2D eigenvalue weighted by Crippen LogP contribution is -2.26. The Labute approximate surface area is 200 Å². The van der Waals surface area contributed by atoms with E-state index in [4.69, 9.17) is 11.6 Å². The smallest absolute Gasteiger partial charge is 0.348 e. The fourth-order valence-electron chi connectivity index (χ4n) is 3.60. The van der Waals surface area contributed by atoms with Crippen LogP contribution < -0.4 is 5.69 Å². The van der Waals surface area contributed by atoms with Crippen molar-refractivity contribution < 1.29 is 18.6 Å². The van der Waals surface area contributed by atoms with Gasteiger partial charge in [0.1, 0.15) is 16.4 Å². The molecule has 0 aliphatic carbocycles. The van der Waals surface area contributed by atoms with Crippen LogP contribution in [0.15, 0.2) is 70.4 Å². The molecule has 1 heterocycles. The van der Waals surface area contributed by atoms with Gasteiger partial charge < -0.3 is 10.2 Å². The average molecular weight is 501 g/mol. The van der Waals surface area contributed by atoms with Gasteiger partial charge in [-0.25, -0.2) is 22.9 Å². The zero-order valence-electron chi connectivity index (χ0n) is 18.2. The van der Waals surface area contributed by atoms with Crippen LogP contribution in [0, 0.1) is 6.92 Å². The second kappa shape index (κ2) is 8.98. The molecule has 0 aliphatic rings. The first-order chi connectivity index (χ1) is 16.1. The summed E-state index contributed by atoms with van der Waals surface area (Å²) in [5, 5.41) is 27.4. The maximum Gasteiger partial charge on any atom is 0.348 e. The Hall–Kier alpha value is -3.60. The number of rotatable bonds is 6. The summed E-state index contributed by atoms with van der Waals surface area (Å²) in [5.41, 5.74) is 1.31. The number of aryl methyl sites for hydroxylation is 1. The molecule has 0 aliphatic heterocycles. The molecule has 4 aromatic rings. The number of nitrogens with zero attached hydrogens (tertiary/aromatic N) is 3. The Bertz CT molecular complexity index is 1550. The van der Waals surface area contributed by atoms with Gasteiger partial charge in [0, 0.05) is 19.7 Å². The van der Waals surface area contributed by atoms with Crippen molar-refractivity contribution in [3.8, 4) is 28.6 Å². The maximum atomic E-state index is 13.3. The van der Waals surface area contributed by atoms with Crippen molar-refractivity contribution in [3.05, 3.63) is 87.3 Å². The van der Waals surface area contributed by atoms with Crippen LogP contribution >= 0.6 is 11.6 Å². The molecular weight excluding hydrogens is 480 g/mol. The summed E-state index contributed by atoms with van der Waals surface area (Å²) < 4.78 is 28.8. The third-order valence-corrected chi connectivity index (χ3v) is 7.41. The molecule has 0 fully saturated rings. The van der Waals surface area contributed by atoms with Gasteiger partial charge in [0.15, 0.2) is 5.82 Å². The molecule has 0 amide bonds. The number of benzene rings is 3. The summed E-state index contributed by atoms with van der Waals surface area (Å²) in [6, 6.07) is 15.9. The van der Waals surface area contributed by atoms with Crippen molar-refractivity contribution in [1.82, 2.24) is 19.1 Å². The number of aromatic amines is 1. The Morgan fingerprint density at radius 2 is 1.79 bits per heavy atom. The molecule has 0 spiro atoms. The van der Waals surface area contributed by atoms with E-state index < -0.39 is 32.1 Å². The van der Waals surface area contributed by atoms with Gasteiger partial charge in [-0.1, -0.05) is 53.6 Å². The van der Waals surface area contributed by atoms with Crippen molar-refractivity contribution in [3.63, 3.8) is 0 Å². The van der Waals surface area contributed by atoms with Crippen LogP contribution in [0.25, 0.3) is 17.1 Å². The summed E-state index contributed by atoms with van der Waals surface area (Å²) in [7, 11) is -2.80. The minimum absolute atomic E-state index is 0.0619. The molecule has 3 aromatic carbocycles. The van der Waals surface area contributed by atoms with Gasteiger partial charge in [-0.15, -0.1) is 0 Å². The Morgan fingerprint density at radius 3 is 2.50 bits per heavy atom. The van der Waals surface area contributed by atoms with Gasteiger partial charge in [-0.2, -0.15) is 9.40 Å². The van der Waals surface area contributed by atoms with Crippen LogP contribution in [-0.4, -0.2) is 44.7 Å². The van der Waals surface area contributed by atoms with Gasteiger partial charge in [0.05, 0.1) is 16.3 Å². The third kappa shape index (κ3) is 4.30. The molecule has 0 atom stereocenters. The number of halogens is 1. The van der Waals surface area contributed by atoms with E-state index in [2.05, 4.69) is 10.2 Å². The summed E-state index contributed by atoms with van der Waals surface area (Å²) in [5.74, 6) is -1.18. The number of hydrogen-bond donors (Lipinski definition) is 3. The number of aromatic nitrogens is 3. The normalized spacial score (nSPS) is 11.8. The summed E-state index contributed by atoms with van der Waals surface area (Å²) in [6.07, 6.45) is 0. The standard InChI is InChI=1S/C23H21ClN4O5S/c1-14-6-5-7-15(10-14)13-27(2)34(32,33)21-11-16(19(29)12-20(21)30)22-25-26-23(31)28(22)18-9-4-3-8-17(18)24/h3-12,29-30H,13H2,1-2H3,(H,26,31). The summed E-state index contributed by atoms with van der Waals surface area (Å²) in [6.45, 7) is 1.96. The van der Waals surface area contributed by atoms with E-state index in [1.54, 1.807) is 30.3 Å². The Balaban J connectivity index is 1.82. The number of aromatic hydroxyl groups is 2. The number of nitrogens with one attached hydrogen (secondary N) is 1. The van der Waals surface area contributed by atoms with Crippen LogP contribution in [0.2, 0.25) is 5.02 Å². The second-order valence-electron chi connectivity index (χ2n) is 7.73. The summed E-state index contributed by atoms with van der Waals surface area (Å²) in [4.78, 5) is 12.0. The van der Waals surface area contributed by atoms with Crippen LogP contribution in [-0.2, 0) is 16.6 Å². The topological polar surface area (TPSA) is 129 Å². The number of hydrogen-bond acceptors (Lipinski definition) is 6. The summed E-state index contributed by atoms with van der Waals surface area (Å²) >= 11 is 6.24. The van der Waals surface area contributed by atoms with E-state index >= 15 is 0 Å². The number of phenolic OH excluding ortho intramolecular Hbond substituents is 2.